The molecule has 2 heteroatoms. The lowest BCUT2D eigenvalue weighted by Crippen LogP contribution is -2.55. The molecule has 0 amide bonds. The SMILES string of the molecule is C=C[C@H]1CN2CC[C@H]1C[C@@H]2CO[C@@H]1C[C@@H]2CC[C@@]1(C)C2(C)C. The first-order valence-electron chi connectivity index (χ1n) is 9.44. The maximum atomic E-state index is 6.57. The van der Waals surface area contributed by atoms with Crippen molar-refractivity contribution in [1.82, 2.24) is 4.90 Å². The molecule has 3 aliphatic heterocycles. The Labute approximate surface area is 136 Å². The van der Waals surface area contributed by atoms with Crippen LogP contribution in [0.15, 0.2) is 12.7 Å². The standard InChI is InChI=1S/C20H33NO/c1-5-14-12-21-9-7-15(14)10-17(21)13-22-18-11-16-6-8-20(18,4)19(16,2)3/h5,14-18H,1,6-13H2,2-4H3/t14-,15-,16-,17+,18+,20+/m0/s1. The van der Waals surface area contributed by atoms with E-state index < -0.39 is 0 Å². The van der Waals surface area contributed by atoms with Gasteiger partial charge in [0.1, 0.15) is 0 Å². The van der Waals surface area contributed by atoms with Crippen LogP contribution in [-0.4, -0.2) is 36.7 Å². The smallest absolute Gasteiger partial charge is 0.0637 e. The van der Waals surface area contributed by atoms with Gasteiger partial charge in [-0.1, -0.05) is 26.8 Å². The molecule has 5 rings (SSSR count). The van der Waals surface area contributed by atoms with Gasteiger partial charge in [0.15, 0.2) is 0 Å². The fourth-order valence-electron chi connectivity index (χ4n) is 6.23. The van der Waals surface area contributed by atoms with E-state index in [-0.39, 0.29) is 0 Å². The van der Waals surface area contributed by atoms with Gasteiger partial charge in [-0.15, -0.1) is 6.58 Å². The number of fused-ring (bicyclic) bond motifs is 5. The highest BCUT2D eigenvalue weighted by Crippen LogP contribution is 2.66. The summed E-state index contributed by atoms with van der Waals surface area (Å²) in [6.45, 7) is 14.9. The van der Waals surface area contributed by atoms with Crippen LogP contribution in [0.4, 0.5) is 0 Å². The van der Waals surface area contributed by atoms with E-state index in [9.17, 15) is 0 Å². The second-order valence-electron chi connectivity index (χ2n) is 9.27. The lowest BCUT2D eigenvalue weighted by molar-refractivity contribution is -0.0888. The molecule has 1 unspecified atom stereocenters. The lowest BCUT2D eigenvalue weighted by Gasteiger charge is -2.49. The molecule has 0 aromatic rings. The Morgan fingerprint density at radius 1 is 1.23 bits per heavy atom. The summed E-state index contributed by atoms with van der Waals surface area (Å²) in [5, 5.41) is 0. The number of rotatable bonds is 4. The minimum Gasteiger partial charge on any atom is -0.376 e. The summed E-state index contributed by atoms with van der Waals surface area (Å²) in [5.41, 5.74) is 0.877. The minimum atomic E-state index is 0.407. The molecule has 4 bridgehead atoms. The summed E-state index contributed by atoms with van der Waals surface area (Å²) in [6.07, 6.45) is 9.46. The van der Waals surface area contributed by atoms with Gasteiger partial charge in [0.25, 0.3) is 0 Å². The molecule has 3 heterocycles. The number of piperidine rings is 3. The molecule has 5 fully saturated rings. The predicted molar refractivity (Wildman–Crippen MR) is 90.7 cm³/mol. The van der Waals surface area contributed by atoms with E-state index in [1.54, 1.807) is 0 Å². The number of hydrogen-bond acceptors (Lipinski definition) is 2. The first-order valence-corrected chi connectivity index (χ1v) is 9.44. The van der Waals surface area contributed by atoms with Crippen molar-refractivity contribution >= 4 is 0 Å². The summed E-state index contributed by atoms with van der Waals surface area (Å²) < 4.78 is 6.57. The van der Waals surface area contributed by atoms with E-state index in [0.717, 1.165) is 24.4 Å². The van der Waals surface area contributed by atoms with Crippen molar-refractivity contribution in [1.29, 1.82) is 0 Å². The van der Waals surface area contributed by atoms with Crippen molar-refractivity contribution in [2.45, 2.75) is 65.0 Å². The first-order chi connectivity index (χ1) is 10.5. The van der Waals surface area contributed by atoms with Crippen LogP contribution in [0.25, 0.3) is 0 Å². The van der Waals surface area contributed by atoms with Crippen molar-refractivity contribution in [3.63, 3.8) is 0 Å². The molecule has 2 nitrogen and oxygen atoms in total. The molecule has 0 radical (unpaired) electrons. The molecule has 5 aliphatic rings. The fourth-order valence-corrected chi connectivity index (χ4v) is 6.23. The van der Waals surface area contributed by atoms with Crippen LogP contribution >= 0.6 is 0 Å². The first kappa shape index (κ1) is 15.2. The summed E-state index contributed by atoms with van der Waals surface area (Å²) in [7, 11) is 0. The average Bonchev–Trinajstić information content (AvgIpc) is 2.86. The van der Waals surface area contributed by atoms with Crippen molar-refractivity contribution in [2.24, 2.45) is 28.6 Å². The zero-order chi connectivity index (χ0) is 15.5. The van der Waals surface area contributed by atoms with Crippen LogP contribution in [0.5, 0.6) is 0 Å². The molecular weight excluding hydrogens is 270 g/mol. The highest BCUT2D eigenvalue weighted by molar-refractivity contribution is 5.11. The quantitative estimate of drug-likeness (QED) is 0.725. The lowest BCUT2D eigenvalue weighted by atomic mass is 9.70. The summed E-state index contributed by atoms with van der Waals surface area (Å²) in [6, 6.07) is 0.667. The van der Waals surface area contributed by atoms with E-state index in [0.29, 0.717) is 23.0 Å². The van der Waals surface area contributed by atoms with Gasteiger partial charge in [-0.2, -0.15) is 0 Å². The number of nitrogens with zero attached hydrogens (tertiary/aromatic N) is 1. The molecular formula is C20H33NO. The zero-order valence-corrected chi connectivity index (χ0v) is 14.7. The fraction of sp³-hybridized carbons (Fsp3) is 0.900. The van der Waals surface area contributed by atoms with Gasteiger partial charge >= 0.3 is 0 Å². The Kier molecular flexibility index (Phi) is 3.51. The van der Waals surface area contributed by atoms with Crippen molar-refractivity contribution in [3.05, 3.63) is 12.7 Å². The normalized spacial score (nSPS) is 52.1. The van der Waals surface area contributed by atoms with Gasteiger partial charge < -0.3 is 4.74 Å². The van der Waals surface area contributed by atoms with Gasteiger partial charge in [-0.05, 0) is 67.2 Å². The average molecular weight is 303 g/mol. The number of hydrogen-bond donors (Lipinski definition) is 0. The van der Waals surface area contributed by atoms with Gasteiger partial charge in [0.05, 0.1) is 12.7 Å². The third-order valence-electron chi connectivity index (χ3n) is 8.44. The molecule has 0 spiro atoms. The van der Waals surface area contributed by atoms with E-state index in [4.69, 9.17) is 4.74 Å². The van der Waals surface area contributed by atoms with Crippen LogP contribution in [-0.2, 0) is 4.74 Å². The van der Waals surface area contributed by atoms with Crippen LogP contribution in [0.2, 0.25) is 0 Å². The van der Waals surface area contributed by atoms with Crippen LogP contribution in [0, 0.1) is 28.6 Å². The maximum absolute atomic E-state index is 6.57. The Morgan fingerprint density at radius 2 is 2.05 bits per heavy atom. The summed E-state index contributed by atoms with van der Waals surface area (Å²) >= 11 is 0. The summed E-state index contributed by atoms with van der Waals surface area (Å²) in [5.74, 6) is 2.47. The van der Waals surface area contributed by atoms with Crippen molar-refractivity contribution in [3.8, 4) is 0 Å². The molecule has 7 atom stereocenters. The van der Waals surface area contributed by atoms with Gasteiger partial charge in [-0.3, -0.25) is 4.90 Å². The van der Waals surface area contributed by atoms with E-state index in [2.05, 4.69) is 38.3 Å². The molecule has 0 N–H and O–H groups in total. The predicted octanol–water partition coefficient (Wildman–Crippen LogP) is 4.11. The Morgan fingerprint density at radius 3 is 2.59 bits per heavy atom. The van der Waals surface area contributed by atoms with Gasteiger partial charge in [0.2, 0.25) is 0 Å². The summed E-state index contributed by atoms with van der Waals surface area (Å²) in [4.78, 5) is 2.67. The van der Waals surface area contributed by atoms with Crippen LogP contribution in [0.1, 0.15) is 52.9 Å². The number of ether oxygens (including phenoxy) is 1. The Balaban J connectivity index is 1.38. The van der Waals surface area contributed by atoms with E-state index >= 15 is 0 Å². The third kappa shape index (κ3) is 1.99. The third-order valence-corrected chi connectivity index (χ3v) is 8.44. The monoisotopic (exact) mass is 303 g/mol. The highest BCUT2D eigenvalue weighted by Gasteiger charge is 2.62. The highest BCUT2D eigenvalue weighted by atomic mass is 16.5. The maximum Gasteiger partial charge on any atom is 0.0637 e. The Bertz CT molecular complexity index is 459. The molecule has 0 aromatic heterocycles. The Hall–Kier alpha value is -0.340. The zero-order valence-electron chi connectivity index (χ0n) is 14.7. The topological polar surface area (TPSA) is 12.5 Å². The largest absolute Gasteiger partial charge is 0.376 e. The molecule has 22 heavy (non-hydrogen) atoms. The molecule has 2 aliphatic carbocycles. The van der Waals surface area contributed by atoms with E-state index in [1.165, 1.54) is 45.2 Å². The molecule has 124 valence electrons. The van der Waals surface area contributed by atoms with Crippen molar-refractivity contribution in [2.75, 3.05) is 19.7 Å². The van der Waals surface area contributed by atoms with Gasteiger partial charge in [-0.25, -0.2) is 0 Å². The minimum absolute atomic E-state index is 0.407. The van der Waals surface area contributed by atoms with E-state index in [1.807, 2.05) is 0 Å². The molecule has 0 aromatic carbocycles. The van der Waals surface area contributed by atoms with Crippen molar-refractivity contribution < 1.29 is 4.74 Å². The molecule has 3 saturated heterocycles. The van der Waals surface area contributed by atoms with Crippen LogP contribution in [0.3, 0.4) is 0 Å². The molecule has 2 saturated carbocycles. The second-order valence-corrected chi connectivity index (χ2v) is 9.27. The second kappa shape index (κ2) is 5.08. The van der Waals surface area contributed by atoms with Gasteiger partial charge in [0, 0.05) is 12.6 Å². The van der Waals surface area contributed by atoms with Crippen LogP contribution < -0.4 is 0 Å².